The van der Waals surface area contributed by atoms with E-state index in [4.69, 9.17) is 4.74 Å². The quantitative estimate of drug-likeness (QED) is 0.601. The molecular formula is C25H39NO3. The molecule has 0 N–H and O–H groups in total. The van der Waals surface area contributed by atoms with Crippen molar-refractivity contribution in [2.45, 2.75) is 91.5 Å². The molecule has 0 saturated heterocycles. The summed E-state index contributed by atoms with van der Waals surface area (Å²) in [5, 5.41) is 0. The number of carbonyl (C=O) groups excluding carboxylic acids is 2. The molecule has 4 aliphatic rings. The smallest absolute Gasteiger partial charge is 0.328 e. The summed E-state index contributed by atoms with van der Waals surface area (Å²) in [6.45, 7) is 8.43. The molecule has 0 aromatic carbocycles. The number of amides is 1. The van der Waals surface area contributed by atoms with Crippen LogP contribution in [-0.4, -0.2) is 29.9 Å². The van der Waals surface area contributed by atoms with Crippen LogP contribution in [0.4, 0.5) is 0 Å². The average molecular weight is 402 g/mol. The van der Waals surface area contributed by atoms with Gasteiger partial charge in [-0.1, -0.05) is 26.3 Å². The Labute approximate surface area is 176 Å². The van der Waals surface area contributed by atoms with Gasteiger partial charge < -0.3 is 9.64 Å². The van der Waals surface area contributed by atoms with Crippen LogP contribution >= 0.6 is 0 Å². The highest BCUT2D eigenvalue weighted by molar-refractivity contribution is 5.84. The van der Waals surface area contributed by atoms with Crippen molar-refractivity contribution in [3.8, 4) is 0 Å². The van der Waals surface area contributed by atoms with Crippen molar-refractivity contribution in [3.05, 3.63) is 11.8 Å². The molecule has 0 aromatic rings. The summed E-state index contributed by atoms with van der Waals surface area (Å²) < 4.78 is 4.92. The van der Waals surface area contributed by atoms with Gasteiger partial charge in [-0.25, -0.2) is 4.79 Å². The van der Waals surface area contributed by atoms with Gasteiger partial charge in [0.2, 0.25) is 5.91 Å². The number of hydrogen-bond donors (Lipinski definition) is 0. The van der Waals surface area contributed by atoms with Crippen molar-refractivity contribution in [1.29, 1.82) is 0 Å². The normalized spacial score (nSPS) is 42.0. The Morgan fingerprint density at radius 1 is 1.14 bits per heavy atom. The van der Waals surface area contributed by atoms with E-state index in [0.717, 1.165) is 36.3 Å². The predicted molar refractivity (Wildman–Crippen MR) is 114 cm³/mol. The van der Waals surface area contributed by atoms with Gasteiger partial charge in [-0.2, -0.15) is 0 Å². The monoisotopic (exact) mass is 401 g/mol. The minimum Gasteiger partial charge on any atom is -0.467 e. The van der Waals surface area contributed by atoms with Crippen LogP contribution in [0.3, 0.4) is 0 Å². The van der Waals surface area contributed by atoms with Gasteiger partial charge in [-0.3, -0.25) is 4.79 Å². The number of carbonyl (C=O) groups is 2. The Hall–Kier alpha value is -1.32. The van der Waals surface area contributed by atoms with Gasteiger partial charge in [-0.05, 0) is 92.8 Å². The average Bonchev–Trinajstić information content (AvgIpc) is 3.09. The first-order valence-corrected chi connectivity index (χ1v) is 11.8. The van der Waals surface area contributed by atoms with Crippen molar-refractivity contribution in [1.82, 2.24) is 4.90 Å². The van der Waals surface area contributed by atoms with Gasteiger partial charge >= 0.3 is 5.97 Å². The van der Waals surface area contributed by atoms with E-state index in [1.54, 1.807) is 18.7 Å². The van der Waals surface area contributed by atoms with Crippen molar-refractivity contribution in [2.24, 2.45) is 34.5 Å². The van der Waals surface area contributed by atoms with Crippen molar-refractivity contribution < 1.29 is 14.3 Å². The molecule has 0 aliphatic heterocycles. The summed E-state index contributed by atoms with van der Waals surface area (Å²) in [6.07, 6.45) is 13.9. The highest BCUT2D eigenvalue weighted by Gasteiger charge is 2.57. The van der Waals surface area contributed by atoms with Gasteiger partial charge in [0.15, 0.2) is 0 Å². The number of nitrogens with zero attached hydrogens (tertiary/aromatic N) is 1. The van der Waals surface area contributed by atoms with Gasteiger partial charge in [-0.15, -0.1) is 0 Å². The fourth-order valence-electron chi connectivity index (χ4n) is 8.05. The van der Waals surface area contributed by atoms with Gasteiger partial charge in [0, 0.05) is 12.6 Å². The molecule has 4 heteroatoms. The first-order valence-electron chi connectivity index (χ1n) is 11.8. The summed E-state index contributed by atoms with van der Waals surface area (Å²) in [4.78, 5) is 26.2. The number of esters is 1. The maximum Gasteiger partial charge on any atom is 0.328 e. The molecule has 0 radical (unpaired) electrons. The molecule has 7 atom stereocenters. The van der Waals surface area contributed by atoms with E-state index in [1.165, 1.54) is 52.1 Å². The second kappa shape index (κ2) is 7.42. The zero-order chi connectivity index (χ0) is 21.0. The molecule has 3 saturated carbocycles. The molecule has 3 fully saturated rings. The maximum absolute atomic E-state index is 12.4. The lowest BCUT2D eigenvalue weighted by Gasteiger charge is -2.59. The Balaban J connectivity index is 1.58. The molecule has 4 nitrogen and oxygen atoms in total. The number of hydrogen-bond acceptors (Lipinski definition) is 3. The van der Waals surface area contributed by atoms with Crippen molar-refractivity contribution >= 4 is 11.9 Å². The zero-order valence-corrected chi connectivity index (χ0v) is 19.0. The Morgan fingerprint density at radius 2 is 1.90 bits per heavy atom. The molecule has 0 aromatic heterocycles. The van der Waals surface area contributed by atoms with E-state index in [0.29, 0.717) is 16.7 Å². The van der Waals surface area contributed by atoms with Crippen LogP contribution in [0.1, 0.15) is 85.5 Å². The third kappa shape index (κ3) is 3.25. The summed E-state index contributed by atoms with van der Waals surface area (Å²) >= 11 is 0. The van der Waals surface area contributed by atoms with Crippen LogP contribution in [0.25, 0.3) is 0 Å². The first kappa shape index (κ1) is 20.9. The summed E-state index contributed by atoms with van der Waals surface area (Å²) in [5.41, 5.74) is 1.98. The molecule has 1 amide bonds. The van der Waals surface area contributed by atoms with E-state index in [1.807, 2.05) is 0 Å². The predicted octanol–water partition coefficient (Wildman–Crippen LogP) is 5.32. The molecule has 4 aliphatic carbocycles. The highest BCUT2D eigenvalue weighted by atomic mass is 16.5. The SMILES string of the molecule is COC(=O)[C@H](C)N(C(C)=O)C1=CC[C@@]2(C)[C@@H](CC[C@H]3[C@@H]4CCC[C@@]4(C)CC[C@@H]32)C1. The van der Waals surface area contributed by atoms with Crippen LogP contribution in [0, 0.1) is 34.5 Å². The van der Waals surface area contributed by atoms with Gasteiger partial charge in [0.25, 0.3) is 0 Å². The summed E-state index contributed by atoms with van der Waals surface area (Å²) in [5.74, 6) is 2.85. The molecule has 0 heterocycles. The largest absolute Gasteiger partial charge is 0.467 e. The zero-order valence-electron chi connectivity index (χ0n) is 19.0. The maximum atomic E-state index is 12.4. The fraction of sp³-hybridized carbons (Fsp3) is 0.840. The molecule has 0 spiro atoms. The third-order valence-corrected chi connectivity index (χ3v) is 9.66. The Bertz CT molecular complexity index is 715. The minimum atomic E-state index is -0.557. The van der Waals surface area contributed by atoms with E-state index >= 15 is 0 Å². The highest BCUT2D eigenvalue weighted by Crippen LogP contribution is 2.66. The Morgan fingerprint density at radius 3 is 2.59 bits per heavy atom. The van der Waals surface area contributed by atoms with E-state index in [9.17, 15) is 9.59 Å². The lowest BCUT2D eigenvalue weighted by molar-refractivity contribution is -0.150. The molecule has 0 bridgehead atoms. The van der Waals surface area contributed by atoms with Crippen molar-refractivity contribution in [3.63, 3.8) is 0 Å². The van der Waals surface area contributed by atoms with E-state index in [-0.39, 0.29) is 11.9 Å². The van der Waals surface area contributed by atoms with E-state index < -0.39 is 6.04 Å². The minimum absolute atomic E-state index is 0.0640. The van der Waals surface area contributed by atoms with Crippen LogP contribution in [-0.2, 0) is 14.3 Å². The standard InChI is InChI=1S/C25H39NO3/c1-16(23(28)29-5)26(17(2)27)19-10-14-25(4)18(15-19)8-9-20-21-7-6-12-24(21,3)13-11-22(20)25/h10,16,18,20-22H,6-9,11-15H2,1-5H3/t16-,18-,20-,21-,22-,24-,25-/m0/s1. The third-order valence-electron chi connectivity index (χ3n) is 9.66. The fourth-order valence-corrected chi connectivity index (χ4v) is 8.05. The van der Waals surface area contributed by atoms with Crippen LogP contribution in [0.15, 0.2) is 11.8 Å². The molecule has 0 unspecified atom stereocenters. The van der Waals surface area contributed by atoms with Crippen molar-refractivity contribution in [2.75, 3.05) is 7.11 Å². The number of rotatable bonds is 3. The number of ether oxygens (including phenoxy) is 1. The van der Waals surface area contributed by atoms with E-state index in [2.05, 4.69) is 19.9 Å². The van der Waals surface area contributed by atoms with Crippen LogP contribution in [0.5, 0.6) is 0 Å². The second-order valence-electron chi connectivity index (χ2n) is 10.9. The number of methoxy groups -OCH3 is 1. The summed E-state index contributed by atoms with van der Waals surface area (Å²) in [6, 6.07) is -0.557. The lowest BCUT2D eigenvalue weighted by atomic mass is 9.46. The van der Waals surface area contributed by atoms with Gasteiger partial charge in [0.05, 0.1) is 7.11 Å². The second-order valence-corrected chi connectivity index (χ2v) is 10.9. The lowest BCUT2D eigenvalue weighted by Crippen LogP contribution is -2.52. The molecule has 4 rings (SSSR count). The van der Waals surface area contributed by atoms with Crippen LogP contribution in [0.2, 0.25) is 0 Å². The first-order chi connectivity index (χ1) is 13.7. The Kier molecular flexibility index (Phi) is 5.36. The topological polar surface area (TPSA) is 46.6 Å². The molecule has 162 valence electrons. The number of fused-ring (bicyclic) bond motifs is 5. The molecular weight excluding hydrogens is 362 g/mol. The van der Waals surface area contributed by atoms with Crippen LogP contribution < -0.4 is 0 Å². The number of allylic oxidation sites excluding steroid dienone is 2. The van der Waals surface area contributed by atoms with Gasteiger partial charge in [0.1, 0.15) is 6.04 Å². The molecule has 29 heavy (non-hydrogen) atoms. The summed E-state index contributed by atoms with van der Waals surface area (Å²) in [7, 11) is 1.39.